The van der Waals surface area contributed by atoms with Gasteiger partial charge in [-0.05, 0) is 30.7 Å². The molecule has 0 amide bonds. The molecule has 8 heteroatoms. The van der Waals surface area contributed by atoms with E-state index in [-0.39, 0.29) is 24.6 Å². The van der Waals surface area contributed by atoms with Crippen molar-refractivity contribution >= 4 is 31.9 Å². The van der Waals surface area contributed by atoms with Crippen LogP contribution < -0.4 is 0 Å². The summed E-state index contributed by atoms with van der Waals surface area (Å²) in [6.45, 7) is 1.76. The van der Waals surface area contributed by atoms with Crippen LogP contribution in [-0.4, -0.2) is 49.6 Å². The van der Waals surface area contributed by atoms with E-state index < -0.39 is 22.1 Å². The molecule has 1 saturated heterocycles. The number of ether oxygens (including phenoxy) is 1. The second-order valence-electron chi connectivity index (χ2n) is 4.47. The zero-order chi connectivity index (χ0) is 14.9. The van der Waals surface area contributed by atoms with E-state index in [0.29, 0.717) is 5.56 Å². The van der Waals surface area contributed by atoms with E-state index in [9.17, 15) is 13.2 Å². The van der Waals surface area contributed by atoms with Crippen molar-refractivity contribution in [3.05, 3.63) is 28.2 Å². The number of aliphatic carboxylic acids is 1. The van der Waals surface area contributed by atoms with Gasteiger partial charge in [0.1, 0.15) is 0 Å². The SMILES string of the molecule is Cc1cc(Br)ccc1S(=O)(=O)N1CCOC(C(=O)O)C1. The van der Waals surface area contributed by atoms with Gasteiger partial charge in [0.15, 0.2) is 6.10 Å². The van der Waals surface area contributed by atoms with Crippen LogP contribution in [0.4, 0.5) is 0 Å². The lowest BCUT2D eigenvalue weighted by Gasteiger charge is -2.30. The molecule has 1 heterocycles. The van der Waals surface area contributed by atoms with Crippen LogP contribution in [0.3, 0.4) is 0 Å². The molecule has 110 valence electrons. The number of hydrogen-bond acceptors (Lipinski definition) is 4. The van der Waals surface area contributed by atoms with E-state index in [1.807, 2.05) is 0 Å². The summed E-state index contributed by atoms with van der Waals surface area (Å²) in [5.41, 5.74) is 0.609. The molecule has 0 spiro atoms. The van der Waals surface area contributed by atoms with Crippen molar-refractivity contribution in [2.75, 3.05) is 19.7 Å². The van der Waals surface area contributed by atoms with Gasteiger partial charge in [-0.1, -0.05) is 15.9 Å². The van der Waals surface area contributed by atoms with Crippen molar-refractivity contribution in [3.8, 4) is 0 Å². The zero-order valence-corrected chi connectivity index (χ0v) is 13.1. The second-order valence-corrected chi connectivity index (χ2v) is 7.29. The standard InChI is InChI=1S/C12H14BrNO5S/c1-8-6-9(13)2-3-11(8)20(17,18)14-4-5-19-10(7-14)12(15)16/h2-3,6,10H,4-5,7H2,1H3,(H,15,16). The molecule has 2 rings (SSSR count). The van der Waals surface area contributed by atoms with Gasteiger partial charge in [0.25, 0.3) is 0 Å². The van der Waals surface area contributed by atoms with Crippen LogP contribution in [0, 0.1) is 6.92 Å². The van der Waals surface area contributed by atoms with Crippen LogP contribution in [0.1, 0.15) is 5.56 Å². The number of carboxylic acid groups (broad SMARTS) is 1. The molecule has 6 nitrogen and oxygen atoms in total. The van der Waals surface area contributed by atoms with Gasteiger partial charge >= 0.3 is 5.97 Å². The van der Waals surface area contributed by atoms with Gasteiger partial charge in [-0.15, -0.1) is 0 Å². The van der Waals surface area contributed by atoms with Crippen LogP contribution >= 0.6 is 15.9 Å². The highest BCUT2D eigenvalue weighted by molar-refractivity contribution is 9.10. The third kappa shape index (κ3) is 3.03. The summed E-state index contributed by atoms with van der Waals surface area (Å²) in [5, 5.41) is 8.93. The number of halogens is 1. The summed E-state index contributed by atoms with van der Waals surface area (Å²) in [6.07, 6.45) is -1.12. The Kier molecular flexibility index (Phi) is 4.48. The first-order chi connectivity index (χ1) is 9.32. The fourth-order valence-corrected chi connectivity index (χ4v) is 4.14. The maximum atomic E-state index is 12.5. The lowest BCUT2D eigenvalue weighted by atomic mass is 10.2. The number of rotatable bonds is 3. The maximum Gasteiger partial charge on any atom is 0.334 e. The number of aryl methyl sites for hydroxylation is 1. The molecule has 1 aliphatic rings. The largest absolute Gasteiger partial charge is 0.479 e. The lowest BCUT2D eigenvalue weighted by Crippen LogP contribution is -2.48. The van der Waals surface area contributed by atoms with E-state index in [1.54, 1.807) is 19.1 Å². The number of carboxylic acids is 1. The molecule has 1 atom stereocenters. The predicted molar refractivity (Wildman–Crippen MR) is 75.0 cm³/mol. The third-order valence-electron chi connectivity index (χ3n) is 3.06. The van der Waals surface area contributed by atoms with Gasteiger partial charge in [-0.25, -0.2) is 13.2 Å². The van der Waals surface area contributed by atoms with Gasteiger partial charge in [0.05, 0.1) is 18.0 Å². The van der Waals surface area contributed by atoms with Crippen LogP contribution in [0.25, 0.3) is 0 Å². The highest BCUT2D eigenvalue weighted by Crippen LogP contribution is 2.24. The topological polar surface area (TPSA) is 83.9 Å². The van der Waals surface area contributed by atoms with Gasteiger partial charge in [0.2, 0.25) is 10.0 Å². The quantitative estimate of drug-likeness (QED) is 0.872. The Morgan fingerprint density at radius 3 is 2.80 bits per heavy atom. The number of hydrogen-bond donors (Lipinski definition) is 1. The predicted octanol–water partition coefficient (Wildman–Crippen LogP) is 1.23. The van der Waals surface area contributed by atoms with E-state index >= 15 is 0 Å². The van der Waals surface area contributed by atoms with Gasteiger partial charge < -0.3 is 9.84 Å². The number of benzene rings is 1. The summed E-state index contributed by atoms with van der Waals surface area (Å²) in [5.74, 6) is -1.16. The third-order valence-corrected chi connectivity index (χ3v) is 5.58. The van der Waals surface area contributed by atoms with Crippen molar-refractivity contribution in [3.63, 3.8) is 0 Å². The maximum absolute atomic E-state index is 12.5. The fourth-order valence-electron chi connectivity index (χ4n) is 2.03. The Labute approximate surface area is 125 Å². The molecular weight excluding hydrogens is 350 g/mol. The number of morpholine rings is 1. The van der Waals surface area contributed by atoms with Crippen LogP contribution in [0.5, 0.6) is 0 Å². The first-order valence-electron chi connectivity index (χ1n) is 5.93. The van der Waals surface area contributed by atoms with Gasteiger partial charge in [-0.2, -0.15) is 4.31 Å². The van der Waals surface area contributed by atoms with Gasteiger partial charge in [0, 0.05) is 11.0 Å². The highest BCUT2D eigenvalue weighted by atomic mass is 79.9. The smallest absolute Gasteiger partial charge is 0.334 e. The minimum absolute atomic E-state index is 0.0752. The lowest BCUT2D eigenvalue weighted by molar-refractivity contribution is -0.153. The summed E-state index contributed by atoms with van der Waals surface area (Å²) in [4.78, 5) is 11.1. The minimum Gasteiger partial charge on any atom is -0.479 e. The zero-order valence-electron chi connectivity index (χ0n) is 10.7. The Bertz CT molecular complexity index is 631. The summed E-state index contributed by atoms with van der Waals surface area (Å²) in [7, 11) is -3.71. The fraction of sp³-hybridized carbons (Fsp3) is 0.417. The van der Waals surface area contributed by atoms with Crippen LogP contribution in [0.15, 0.2) is 27.6 Å². The normalized spacial score (nSPS) is 20.8. The van der Waals surface area contributed by atoms with Crippen LogP contribution in [0.2, 0.25) is 0 Å². The molecule has 1 aliphatic heterocycles. The molecule has 0 bridgehead atoms. The molecular formula is C12H14BrNO5S. The van der Waals surface area contributed by atoms with E-state index in [4.69, 9.17) is 9.84 Å². The second kappa shape index (κ2) is 5.80. The molecule has 0 saturated carbocycles. The first kappa shape index (κ1) is 15.4. The summed E-state index contributed by atoms with van der Waals surface area (Å²) >= 11 is 3.28. The average Bonchev–Trinajstić information content (AvgIpc) is 2.38. The van der Waals surface area contributed by atoms with Crippen molar-refractivity contribution in [2.24, 2.45) is 0 Å². The molecule has 1 fully saturated rings. The van der Waals surface area contributed by atoms with E-state index in [1.165, 1.54) is 6.07 Å². The van der Waals surface area contributed by atoms with E-state index in [2.05, 4.69) is 15.9 Å². The van der Waals surface area contributed by atoms with Crippen LogP contribution in [-0.2, 0) is 19.6 Å². The Morgan fingerprint density at radius 1 is 1.50 bits per heavy atom. The number of nitrogens with zero attached hydrogens (tertiary/aromatic N) is 1. The summed E-state index contributed by atoms with van der Waals surface area (Å²) in [6, 6.07) is 4.87. The highest BCUT2D eigenvalue weighted by Gasteiger charge is 2.34. The van der Waals surface area contributed by atoms with E-state index in [0.717, 1.165) is 8.78 Å². The molecule has 0 aliphatic carbocycles. The molecule has 20 heavy (non-hydrogen) atoms. The minimum atomic E-state index is -3.71. The molecule has 1 N–H and O–H groups in total. The monoisotopic (exact) mass is 363 g/mol. The number of sulfonamides is 1. The molecule has 1 aromatic rings. The Balaban J connectivity index is 2.32. The van der Waals surface area contributed by atoms with Crippen molar-refractivity contribution in [2.45, 2.75) is 17.9 Å². The van der Waals surface area contributed by atoms with Crippen molar-refractivity contribution in [1.82, 2.24) is 4.31 Å². The number of carbonyl (C=O) groups is 1. The molecule has 1 unspecified atom stereocenters. The molecule has 1 aromatic carbocycles. The van der Waals surface area contributed by atoms with Crippen molar-refractivity contribution in [1.29, 1.82) is 0 Å². The van der Waals surface area contributed by atoms with Crippen molar-refractivity contribution < 1.29 is 23.1 Å². The van der Waals surface area contributed by atoms with Gasteiger partial charge in [-0.3, -0.25) is 0 Å². The summed E-state index contributed by atoms with van der Waals surface area (Å²) < 4.78 is 32.1. The molecule has 0 radical (unpaired) electrons. The Morgan fingerprint density at radius 2 is 2.20 bits per heavy atom. The average molecular weight is 364 g/mol. The first-order valence-corrected chi connectivity index (χ1v) is 8.16. The molecule has 0 aromatic heterocycles. The Hall–Kier alpha value is -0.960.